The van der Waals surface area contributed by atoms with Crippen molar-refractivity contribution in [2.24, 2.45) is 0 Å². The van der Waals surface area contributed by atoms with Crippen molar-refractivity contribution in [3.05, 3.63) is 108 Å². The number of carbonyl (C=O) groups is 1. The molecular formula is C34H34N2O3S2. The number of ether oxygens (including phenoxy) is 2. The number of unbranched alkanes of at least 4 members (excludes halogenated alkanes) is 1. The van der Waals surface area contributed by atoms with Gasteiger partial charge in [0.1, 0.15) is 17.2 Å². The van der Waals surface area contributed by atoms with Gasteiger partial charge in [-0.15, -0.1) is 0 Å². The Kier molecular flexibility index (Phi) is 12.3. The number of rotatable bonds is 15. The second-order valence-electron chi connectivity index (χ2n) is 9.41. The molecule has 41 heavy (non-hydrogen) atoms. The second kappa shape index (κ2) is 16.6. The SMILES string of the molecule is CCCCSCC(COCc1ccccc1)OC(=O)CSc1nc(-c2ccccc2)cc(-c2ccccc2)c1C#N. The minimum Gasteiger partial charge on any atom is -0.458 e. The minimum absolute atomic E-state index is 0.0446. The van der Waals surface area contributed by atoms with Gasteiger partial charge in [0.25, 0.3) is 0 Å². The van der Waals surface area contributed by atoms with Gasteiger partial charge in [-0.05, 0) is 29.4 Å². The molecule has 0 fully saturated rings. The van der Waals surface area contributed by atoms with E-state index in [1.54, 1.807) is 11.8 Å². The normalized spacial score (nSPS) is 11.5. The lowest BCUT2D eigenvalue weighted by atomic mass is 9.99. The zero-order valence-corrected chi connectivity index (χ0v) is 24.8. The number of nitrogens with zero attached hydrogens (tertiary/aromatic N) is 2. The van der Waals surface area contributed by atoms with E-state index >= 15 is 0 Å². The third kappa shape index (κ3) is 9.50. The van der Waals surface area contributed by atoms with Crippen LogP contribution < -0.4 is 0 Å². The van der Waals surface area contributed by atoms with E-state index in [9.17, 15) is 10.1 Å². The van der Waals surface area contributed by atoms with Gasteiger partial charge >= 0.3 is 5.97 Å². The van der Waals surface area contributed by atoms with Gasteiger partial charge < -0.3 is 9.47 Å². The molecule has 7 heteroatoms. The van der Waals surface area contributed by atoms with E-state index in [0.29, 0.717) is 29.6 Å². The molecule has 0 N–H and O–H groups in total. The van der Waals surface area contributed by atoms with Crippen LogP contribution in [-0.4, -0.2) is 40.9 Å². The average molecular weight is 583 g/mol. The summed E-state index contributed by atoms with van der Waals surface area (Å²) in [5, 5.41) is 10.6. The summed E-state index contributed by atoms with van der Waals surface area (Å²) in [5.74, 6) is 1.39. The van der Waals surface area contributed by atoms with E-state index in [0.717, 1.165) is 46.5 Å². The number of hydrogen-bond acceptors (Lipinski definition) is 7. The fraction of sp³-hybridized carbons (Fsp3) is 0.265. The number of pyridine rings is 1. The van der Waals surface area contributed by atoms with E-state index in [1.165, 1.54) is 11.8 Å². The van der Waals surface area contributed by atoms with Crippen LogP contribution in [0.2, 0.25) is 0 Å². The van der Waals surface area contributed by atoms with E-state index in [4.69, 9.17) is 14.5 Å². The highest BCUT2D eigenvalue weighted by Crippen LogP contribution is 2.34. The van der Waals surface area contributed by atoms with Crippen molar-refractivity contribution in [3.8, 4) is 28.5 Å². The van der Waals surface area contributed by atoms with Crippen molar-refractivity contribution in [2.45, 2.75) is 37.5 Å². The number of aromatic nitrogens is 1. The summed E-state index contributed by atoms with van der Waals surface area (Å²) in [6.07, 6.45) is 1.89. The van der Waals surface area contributed by atoms with E-state index in [1.807, 2.05) is 97.1 Å². The van der Waals surface area contributed by atoms with E-state index in [-0.39, 0.29) is 17.8 Å². The third-order valence-electron chi connectivity index (χ3n) is 6.24. The van der Waals surface area contributed by atoms with Crippen LogP contribution in [0.5, 0.6) is 0 Å². The van der Waals surface area contributed by atoms with E-state index < -0.39 is 0 Å². The summed E-state index contributed by atoms with van der Waals surface area (Å²) in [4.78, 5) is 17.8. The van der Waals surface area contributed by atoms with Crippen molar-refractivity contribution in [3.63, 3.8) is 0 Å². The largest absolute Gasteiger partial charge is 0.458 e. The highest BCUT2D eigenvalue weighted by Gasteiger charge is 2.20. The molecule has 4 rings (SSSR count). The van der Waals surface area contributed by atoms with Gasteiger partial charge in [-0.1, -0.05) is 116 Å². The van der Waals surface area contributed by atoms with Crippen LogP contribution in [0.25, 0.3) is 22.4 Å². The number of thioether (sulfide) groups is 2. The maximum Gasteiger partial charge on any atom is 0.316 e. The fourth-order valence-electron chi connectivity index (χ4n) is 4.14. The molecule has 0 aliphatic heterocycles. The molecule has 0 saturated carbocycles. The molecule has 5 nitrogen and oxygen atoms in total. The average Bonchev–Trinajstić information content (AvgIpc) is 3.03. The maximum atomic E-state index is 13.0. The van der Waals surface area contributed by atoms with Crippen LogP contribution in [-0.2, 0) is 20.9 Å². The molecular weight excluding hydrogens is 549 g/mol. The van der Waals surface area contributed by atoms with Gasteiger partial charge in [0.05, 0.1) is 30.2 Å². The fourth-order valence-corrected chi connectivity index (χ4v) is 6.02. The zero-order chi connectivity index (χ0) is 28.7. The first-order chi connectivity index (χ1) is 20.2. The molecule has 0 aliphatic carbocycles. The smallest absolute Gasteiger partial charge is 0.316 e. The first-order valence-corrected chi connectivity index (χ1v) is 15.9. The van der Waals surface area contributed by atoms with Gasteiger partial charge in [-0.3, -0.25) is 4.79 Å². The minimum atomic E-state index is -0.354. The summed E-state index contributed by atoms with van der Waals surface area (Å²) >= 11 is 3.01. The summed E-state index contributed by atoms with van der Waals surface area (Å²) in [5.41, 5.74) is 4.93. The van der Waals surface area contributed by atoms with Crippen LogP contribution in [0.15, 0.2) is 102 Å². The number of carbonyl (C=O) groups excluding carboxylic acids is 1. The molecule has 1 aromatic heterocycles. The number of hydrogen-bond donors (Lipinski definition) is 0. The molecule has 1 unspecified atom stereocenters. The predicted molar refractivity (Wildman–Crippen MR) is 169 cm³/mol. The van der Waals surface area contributed by atoms with Crippen molar-refractivity contribution < 1.29 is 14.3 Å². The highest BCUT2D eigenvalue weighted by molar-refractivity contribution is 8.00. The van der Waals surface area contributed by atoms with Crippen molar-refractivity contribution in [1.82, 2.24) is 4.98 Å². The van der Waals surface area contributed by atoms with Crippen LogP contribution in [0.4, 0.5) is 0 Å². The van der Waals surface area contributed by atoms with Gasteiger partial charge in [-0.2, -0.15) is 17.0 Å². The molecule has 1 atom stereocenters. The standard InChI is InChI=1S/C34H34N2O3S2/c1-2-3-19-40-24-29(23-38-22-26-13-7-4-8-14-26)39-33(37)25-41-34-31(21-35)30(27-15-9-5-10-16-27)20-32(36-34)28-17-11-6-12-18-28/h4-18,20,29H,2-3,19,22-25H2,1H3. The molecule has 1 heterocycles. The lowest BCUT2D eigenvalue weighted by Crippen LogP contribution is -2.27. The Morgan fingerprint density at radius 2 is 1.61 bits per heavy atom. The van der Waals surface area contributed by atoms with Gasteiger partial charge in [0.2, 0.25) is 0 Å². The van der Waals surface area contributed by atoms with Gasteiger partial charge in [0, 0.05) is 16.9 Å². The molecule has 0 amide bonds. The molecule has 3 aromatic carbocycles. The molecule has 4 aromatic rings. The zero-order valence-electron chi connectivity index (χ0n) is 23.2. The predicted octanol–water partition coefficient (Wildman–Crippen LogP) is 8.04. The van der Waals surface area contributed by atoms with Crippen molar-refractivity contribution in [2.75, 3.05) is 23.9 Å². The first kappa shape index (κ1) is 30.4. The van der Waals surface area contributed by atoms with Crippen LogP contribution in [0.3, 0.4) is 0 Å². The Bertz CT molecular complexity index is 1410. The van der Waals surface area contributed by atoms with Crippen molar-refractivity contribution in [1.29, 1.82) is 5.26 Å². The number of benzene rings is 3. The van der Waals surface area contributed by atoms with E-state index in [2.05, 4.69) is 13.0 Å². The summed E-state index contributed by atoms with van der Waals surface area (Å²) in [6.45, 7) is 2.96. The van der Waals surface area contributed by atoms with Gasteiger partial charge in [0.15, 0.2) is 0 Å². The molecule has 210 valence electrons. The quantitative estimate of drug-likeness (QED) is 0.0798. The number of esters is 1. The lowest BCUT2D eigenvalue weighted by molar-refractivity contribution is -0.147. The Morgan fingerprint density at radius 3 is 2.27 bits per heavy atom. The monoisotopic (exact) mass is 582 g/mol. The third-order valence-corrected chi connectivity index (χ3v) is 8.37. The molecule has 0 saturated heterocycles. The first-order valence-electron chi connectivity index (χ1n) is 13.8. The maximum absolute atomic E-state index is 13.0. The molecule has 0 aliphatic rings. The Labute approximate surface area is 251 Å². The van der Waals surface area contributed by atoms with Gasteiger partial charge in [-0.25, -0.2) is 4.98 Å². The van der Waals surface area contributed by atoms with Crippen LogP contribution in [0, 0.1) is 11.3 Å². The summed E-state index contributed by atoms with van der Waals surface area (Å²) in [6, 6.07) is 33.9. The topological polar surface area (TPSA) is 72.2 Å². The summed E-state index contributed by atoms with van der Waals surface area (Å²) in [7, 11) is 0. The molecule has 0 spiro atoms. The molecule has 0 bridgehead atoms. The Balaban J connectivity index is 1.47. The van der Waals surface area contributed by atoms with Crippen molar-refractivity contribution >= 4 is 29.5 Å². The molecule has 0 radical (unpaired) electrons. The highest BCUT2D eigenvalue weighted by atomic mass is 32.2. The Hall–Kier alpha value is -3.57. The lowest BCUT2D eigenvalue weighted by Gasteiger charge is -2.18. The number of nitriles is 1. The van der Waals surface area contributed by atoms with Crippen LogP contribution in [0.1, 0.15) is 30.9 Å². The summed E-state index contributed by atoms with van der Waals surface area (Å²) < 4.78 is 11.8. The Morgan fingerprint density at radius 1 is 0.951 bits per heavy atom. The second-order valence-corrected chi connectivity index (χ2v) is 11.5. The van der Waals surface area contributed by atoms with Crippen LogP contribution >= 0.6 is 23.5 Å².